The Morgan fingerprint density at radius 3 is 2.65 bits per heavy atom. The first-order valence-electron chi connectivity index (χ1n) is 7.94. The van der Waals surface area contributed by atoms with Crippen molar-refractivity contribution in [2.75, 3.05) is 5.32 Å². The van der Waals surface area contributed by atoms with Crippen molar-refractivity contribution < 1.29 is 9.18 Å². The maximum Gasteiger partial charge on any atom is 0.229 e. The fourth-order valence-electron chi connectivity index (χ4n) is 2.53. The predicted molar refractivity (Wildman–Crippen MR) is 89.8 cm³/mol. The number of nitrogens with zero attached hydrogens (tertiary/aromatic N) is 2. The Kier molecular flexibility index (Phi) is 5.53. The van der Waals surface area contributed by atoms with Crippen molar-refractivity contribution in [3.8, 4) is 0 Å². The van der Waals surface area contributed by atoms with Gasteiger partial charge in [0.15, 0.2) is 0 Å². The molecule has 1 N–H and O–H groups in total. The lowest BCUT2D eigenvalue weighted by Crippen LogP contribution is -2.16. The number of para-hydroxylation sites is 1. The minimum Gasteiger partial charge on any atom is -0.326 e. The molecule has 1 amide bonds. The van der Waals surface area contributed by atoms with Crippen LogP contribution in [0.5, 0.6) is 0 Å². The summed E-state index contributed by atoms with van der Waals surface area (Å²) in [6, 6.07) is 7.77. The van der Waals surface area contributed by atoms with Gasteiger partial charge in [-0.1, -0.05) is 32.0 Å². The zero-order valence-corrected chi connectivity index (χ0v) is 14.2. The maximum absolute atomic E-state index is 13.9. The van der Waals surface area contributed by atoms with Crippen LogP contribution in [0.15, 0.2) is 24.3 Å². The summed E-state index contributed by atoms with van der Waals surface area (Å²) in [6.07, 6.45) is 1.96. The molecule has 0 saturated carbocycles. The number of anilines is 1. The topological polar surface area (TPSA) is 46.9 Å². The third-order valence-electron chi connectivity index (χ3n) is 3.89. The van der Waals surface area contributed by atoms with E-state index in [4.69, 9.17) is 0 Å². The lowest BCUT2D eigenvalue weighted by atomic mass is 10.0. The molecule has 1 aromatic heterocycles. The molecule has 4 nitrogen and oxygen atoms in total. The molecule has 0 radical (unpaired) electrons. The van der Waals surface area contributed by atoms with Gasteiger partial charge in [0.2, 0.25) is 11.9 Å². The molecule has 0 aliphatic rings. The van der Waals surface area contributed by atoms with Crippen LogP contribution in [0.2, 0.25) is 0 Å². The van der Waals surface area contributed by atoms with E-state index >= 15 is 0 Å². The highest BCUT2D eigenvalue weighted by Crippen LogP contribution is 2.20. The molecule has 2 rings (SSSR count). The number of rotatable bonds is 6. The van der Waals surface area contributed by atoms with E-state index in [2.05, 4.69) is 24.3 Å². The normalized spacial score (nSPS) is 11.0. The first kappa shape index (κ1) is 17.2. The minimum absolute atomic E-state index is 0.00990. The Balaban J connectivity index is 2.08. The summed E-state index contributed by atoms with van der Waals surface area (Å²) in [5.74, 6) is -0.0753. The summed E-state index contributed by atoms with van der Waals surface area (Å²) >= 11 is 0. The molecule has 0 unspecified atom stereocenters. The molecule has 0 bridgehead atoms. The number of nitrogens with one attached hydrogen (secondary N) is 1. The van der Waals surface area contributed by atoms with Crippen molar-refractivity contribution in [3.63, 3.8) is 0 Å². The standard InChI is InChI=1S/C18H24FN3O/c1-12(2)9-10-14-7-5-6-8-16(14)20-17(23)11-15-13(3)21-22(4)18(15)19/h5-8,12H,9-11H2,1-4H3,(H,20,23). The van der Waals surface area contributed by atoms with E-state index < -0.39 is 5.95 Å². The van der Waals surface area contributed by atoms with Gasteiger partial charge in [-0.2, -0.15) is 9.49 Å². The Hall–Kier alpha value is -2.17. The average Bonchev–Trinajstić information content (AvgIpc) is 2.73. The van der Waals surface area contributed by atoms with Crippen molar-refractivity contribution >= 4 is 11.6 Å². The van der Waals surface area contributed by atoms with Crippen LogP contribution in [-0.4, -0.2) is 15.7 Å². The second-order valence-electron chi connectivity index (χ2n) is 6.29. The van der Waals surface area contributed by atoms with Gasteiger partial charge in [-0.15, -0.1) is 0 Å². The largest absolute Gasteiger partial charge is 0.326 e. The van der Waals surface area contributed by atoms with Crippen LogP contribution < -0.4 is 5.32 Å². The lowest BCUT2D eigenvalue weighted by molar-refractivity contribution is -0.115. The van der Waals surface area contributed by atoms with Crippen molar-refractivity contribution in [1.29, 1.82) is 0 Å². The molecule has 0 aliphatic heterocycles. The number of benzene rings is 1. The summed E-state index contributed by atoms with van der Waals surface area (Å²) in [7, 11) is 1.53. The number of carbonyl (C=O) groups excluding carboxylic acids is 1. The summed E-state index contributed by atoms with van der Waals surface area (Å²) in [6.45, 7) is 6.06. The number of carbonyl (C=O) groups is 1. The van der Waals surface area contributed by atoms with E-state index in [9.17, 15) is 9.18 Å². The maximum atomic E-state index is 13.9. The zero-order valence-electron chi connectivity index (χ0n) is 14.2. The molecular weight excluding hydrogens is 293 g/mol. The number of halogens is 1. The van der Waals surface area contributed by atoms with Crippen LogP contribution in [0.1, 0.15) is 37.1 Å². The molecule has 0 fully saturated rings. The van der Waals surface area contributed by atoms with Crippen LogP contribution in [0.3, 0.4) is 0 Å². The highest BCUT2D eigenvalue weighted by Gasteiger charge is 2.17. The molecule has 1 heterocycles. The second-order valence-corrected chi connectivity index (χ2v) is 6.29. The number of hydrogen-bond acceptors (Lipinski definition) is 2. The highest BCUT2D eigenvalue weighted by atomic mass is 19.1. The molecule has 0 saturated heterocycles. The average molecular weight is 317 g/mol. The molecule has 124 valence electrons. The Morgan fingerprint density at radius 2 is 2.04 bits per heavy atom. The van der Waals surface area contributed by atoms with Gasteiger partial charge in [-0.05, 0) is 37.3 Å². The number of hydrogen-bond donors (Lipinski definition) is 1. The van der Waals surface area contributed by atoms with Gasteiger partial charge in [-0.3, -0.25) is 4.79 Å². The van der Waals surface area contributed by atoms with Crippen molar-refractivity contribution in [2.24, 2.45) is 13.0 Å². The fraction of sp³-hybridized carbons (Fsp3) is 0.444. The van der Waals surface area contributed by atoms with Crippen LogP contribution in [0.4, 0.5) is 10.1 Å². The minimum atomic E-state index is -0.453. The van der Waals surface area contributed by atoms with Gasteiger partial charge < -0.3 is 5.32 Å². The molecule has 1 aromatic carbocycles. The second kappa shape index (κ2) is 7.40. The van der Waals surface area contributed by atoms with E-state index in [-0.39, 0.29) is 12.3 Å². The SMILES string of the molecule is Cc1nn(C)c(F)c1CC(=O)Nc1ccccc1CCC(C)C. The van der Waals surface area contributed by atoms with Gasteiger partial charge >= 0.3 is 0 Å². The van der Waals surface area contributed by atoms with E-state index in [1.807, 2.05) is 24.3 Å². The molecule has 23 heavy (non-hydrogen) atoms. The molecule has 0 atom stereocenters. The summed E-state index contributed by atoms with van der Waals surface area (Å²) in [5, 5.41) is 6.90. The lowest BCUT2D eigenvalue weighted by Gasteiger charge is -2.12. The number of aryl methyl sites for hydroxylation is 3. The first-order chi connectivity index (χ1) is 10.9. The van der Waals surface area contributed by atoms with Crippen LogP contribution in [-0.2, 0) is 24.7 Å². The van der Waals surface area contributed by atoms with Crippen molar-refractivity contribution in [1.82, 2.24) is 9.78 Å². The van der Waals surface area contributed by atoms with Gasteiger partial charge in [0.25, 0.3) is 0 Å². The summed E-state index contributed by atoms with van der Waals surface area (Å²) in [5.41, 5.74) is 2.82. The third kappa shape index (κ3) is 4.41. The predicted octanol–water partition coefficient (Wildman–Crippen LogP) is 3.64. The number of amides is 1. The molecule has 2 aromatic rings. The molecule has 0 aliphatic carbocycles. The first-order valence-corrected chi connectivity index (χ1v) is 7.94. The zero-order chi connectivity index (χ0) is 17.0. The monoisotopic (exact) mass is 317 g/mol. The summed E-state index contributed by atoms with van der Waals surface area (Å²) < 4.78 is 15.1. The van der Waals surface area contributed by atoms with Crippen molar-refractivity contribution in [2.45, 2.75) is 40.0 Å². The van der Waals surface area contributed by atoms with Gasteiger partial charge in [0.1, 0.15) is 0 Å². The molecular formula is C18H24FN3O. The summed E-state index contributed by atoms with van der Waals surface area (Å²) in [4.78, 5) is 12.3. The third-order valence-corrected chi connectivity index (χ3v) is 3.89. The number of aromatic nitrogens is 2. The highest BCUT2D eigenvalue weighted by molar-refractivity contribution is 5.93. The van der Waals surface area contributed by atoms with Crippen LogP contribution in [0.25, 0.3) is 0 Å². The van der Waals surface area contributed by atoms with Crippen LogP contribution >= 0.6 is 0 Å². The fourth-order valence-corrected chi connectivity index (χ4v) is 2.53. The van der Waals surface area contributed by atoms with Gasteiger partial charge in [-0.25, -0.2) is 4.68 Å². The van der Waals surface area contributed by atoms with Crippen molar-refractivity contribution in [3.05, 3.63) is 47.0 Å². The molecule has 0 spiro atoms. The Morgan fingerprint density at radius 1 is 1.35 bits per heavy atom. The Labute approximate surface area is 136 Å². The van der Waals surface area contributed by atoms with E-state index in [0.29, 0.717) is 17.2 Å². The Bertz CT molecular complexity index is 692. The van der Waals surface area contributed by atoms with Gasteiger partial charge in [0.05, 0.1) is 12.1 Å². The molecule has 5 heteroatoms. The smallest absolute Gasteiger partial charge is 0.229 e. The quantitative estimate of drug-likeness (QED) is 0.884. The van der Waals surface area contributed by atoms with Crippen LogP contribution in [0, 0.1) is 18.8 Å². The van der Waals surface area contributed by atoms with E-state index in [0.717, 1.165) is 28.8 Å². The van der Waals surface area contributed by atoms with E-state index in [1.54, 1.807) is 6.92 Å². The van der Waals surface area contributed by atoms with E-state index in [1.165, 1.54) is 7.05 Å². The van der Waals surface area contributed by atoms with Gasteiger partial charge in [0, 0.05) is 18.3 Å².